The molecule has 0 atom stereocenters. The van der Waals surface area contributed by atoms with E-state index in [0.717, 1.165) is 10.1 Å². The molecule has 3 aromatic rings. The lowest BCUT2D eigenvalue weighted by Gasteiger charge is -2.08. The van der Waals surface area contributed by atoms with Crippen LogP contribution in [0.4, 0.5) is 11.4 Å². The number of benzene rings is 2. The van der Waals surface area contributed by atoms with E-state index < -0.39 is 0 Å². The molecule has 2 N–H and O–H groups in total. The van der Waals surface area contributed by atoms with Crippen molar-refractivity contribution in [3.05, 3.63) is 59.6 Å². The fourth-order valence-electron chi connectivity index (χ4n) is 2.26. The van der Waals surface area contributed by atoms with Crippen LogP contribution in [0.25, 0.3) is 0 Å². The lowest BCUT2D eigenvalue weighted by molar-refractivity contribution is -0.113. The molecule has 0 aliphatic carbocycles. The maximum absolute atomic E-state index is 12.3. The fourth-order valence-corrected chi connectivity index (χ4v) is 3.55. The van der Waals surface area contributed by atoms with Gasteiger partial charge in [0.25, 0.3) is 5.91 Å². The predicted octanol–water partition coefficient (Wildman–Crippen LogP) is 3.92. The second-order valence-corrected chi connectivity index (χ2v) is 7.59. The van der Waals surface area contributed by atoms with Crippen molar-refractivity contribution in [1.29, 1.82) is 0 Å². The van der Waals surface area contributed by atoms with Crippen LogP contribution in [-0.4, -0.2) is 34.4 Å². The Morgan fingerprint density at radius 3 is 2.36 bits per heavy atom. The van der Waals surface area contributed by atoms with Crippen LogP contribution in [0.3, 0.4) is 0 Å². The van der Waals surface area contributed by atoms with Gasteiger partial charge in [0, 0.05) is 16.9 Å². The Hall–Kier alpha value is -2.91. The number of hydrogen-bond donors (Lipinski definition) is 2. The minimum Gasteiger partial charge on any atom is -0.494 e. The molecule has 0 aliphatic rings. The summed E-state index contributed by atoms with van der Waals surface area (Å²) in [6.07, 6.45) is 0. The fraction of sp³-hybridized carbons (Fsp3) is 0.158. The van der Waals surface area contributed by atoms with Gasteiger partial charge in [-0.25, -0.2) is 0 Å². The molecule has 9 heteroatoms. The number of aromatic nitrogens is 2. The number of nitrogens with zero attached hydrogens (tertiary/aromatic N) is 2. The van der Waals surface area contributed by atoms with E-state index in [1.165, 1.54) is 23.1 Å². The van der Waals surface area contributed by atoms with Crippen molar-refractivity contribution < 1.29 is 14.3 Å². The van der Waals surface area contributed by atoms with E-state index in [-0.39, 0.29) is 17.6 Å². The van der Waals surface area contributed by atoms with E-state index in [4.69, 9.17) is 4.74 Å². The molecule has 1 aromatic heterocycles. The number of rotatable bonds is 8. The second kappa shape index (κ2) is 9.86. The molecule has 0 saturated carbocycles. The van der Waals surface area contributed by atoms with Gasteiger partial charge in [-0.05, 0) is 55.5 Å². The number of ether oxygens (including phenoxy) is 1. The largest absolute Gasteiger partial charge is 0.494 e. The summed E-state index contributed by atoms with van der Waals surface area (Å²) >= 11 is 2.72. The van der Waals surface area contributed by atoms with Gasteiger partial charge in [0.15, 0.2) is 4.34 Å². The zero-order chi connectivity index (χ0) is 19.8. The van der Waals surface area contributed by atoms with Crippen molar-refractivity contribution in [1.82, 2.24) is 10.2 Å². The van der Waals surface area contributed by atoms with E-state index in [2.05, 4.69) is 20.8 Å². The summed E-state index contributed by atoms with van der Waals surface area (Å²) in [4.78, 5) is 24.3. The molecule has 3 rings (SSSR count). The lowest BCUT2D eigenvalue weighted by atomic mass is 10.2. The average molecular weight is 415 g/mol. The summed E-state index contributed by atoms with van der Waals surface area (Å²) in [7, 11) is 0. The lowest BCUT2D eigenvalue weighted by Crippen LogP contribution is -2.15. The molecule has 0 radical (unpaired) electrons. The highest BCUT2D eigenvalue weighted by Crippen LogP contribution is 2.20. The van der Waals surface area contributed by atoms with Crippen molar-refractivity contribution in [3.8, 4) is 5.75 Å². The molecule has 0 bridgehead atoms. The normalized spacial score (nSPS) is 10.3. The molecule has 0 unspecified atom stereocenters. The van der Waals surface area contributed by atoms with Gasteiger partial charge in [-0.15, -0.1) is 10.2 Å². The maximum atomic E-state index is 12.3. The van der Waals surface area contributed by atoms with Crippen LogP contribution in [0, 0.1) is 0 Å². The van der Waals surface area contributed by atoms with Crippen LogP contribution in [0.2, 0.25) is 0 Å². The number of anilines is 2. The Balaban J connectivity index is 1.51. The molecule has 7 nitrogen and oxygen atoms in total. The quantitative estimate of drug-likeness (QED) is 0.543. The van der Waals surface area contributed by atoms with Crippen molar-refractivity contribution in [3.63, 3.8) is 0 Å². The van der Waals surface area contributed by atoms with Gasteiger partial charge in [-0.2, -0.15) is 0 Å². The van der Waals surface area contributed by atoms with Crippen LogP contribution >= 0.6 is 23.1 Å². The first-order valence-electron chi connectivity index (χ1n) is 8.47. The number of carbonyl (C=O) groups excluding carboxylic acids is 2. The number of nitrogens with one attached hydrogen (secondary N) is 2. The van der Waals surface area contributed by atoms with Crippen molar-refractivity contribution in [2.75, 3.05) is 23.0 Å². The van der Waals surface area contributed by atoms with Gasteiger partial charge in [0.05, 0.1) is 12.4 Å². The van der Waals surface area contributed by atoms with Gasteiger partial charge in [-0.3, -0.25) is 9.59 Å². The number of thioether (sulfide) groups is 1. The summed E-state index contributed by atoms with van der Waals surface area (Å²) in [5, 5.41) is 13.2. The molecule has 0 spiro atoms. The first kappa shape index (κ1) is 19.8. The van der Waals surface area contributed by atoms with E-state index >= 15 is 0 Å². The van der Waals surface area contributed by atoms with Gasteiger partial charge in [0.2, 0.25) is 5.91 Å². The minimum atomic E-state index is -0.228. The Morgan fingerprint density at radius 1 is 1.04 bits per heavy atom. The number of amides is 2. The number of hydrogen-bond acceptors (Lipinski definition) is 7. The Labute approximate surface area is 170 Å². The van der Waals surface area contributed by atoms with Crippen molar-refractivity contribution in [2.24, 2.45) is 0 Å². The Bertz CT molecular complexity index is 913. The van der Waals surface area contributed by atoms with Gasteiger partial charge in [0.1, 0.15) is 11.3 Å². The molecule has 2 aromatic carbocycles. The highest BCUT2D eigenvalue weighted by Gasteiger charge is 2.09. The monoisotopic (exact) mass is 414 g/mol. The van der Waals surface area contributed by atoms with Gasteiger partial charge >= 0.3 is 0 Å². The summed E-state index contributed by atoms with van der Waals surface area (Å²) in [5.74, 6) is 0.625. The molecular formula is C19H18N4O3S2. The third-order valence-corrected chi connectivity index (χ3v) is 5.38. The van der Waals surface area contributed by atoms with Gasteiger partial charge in [-0.1, -0.05) is 23.1 Å². The van der Waals surface area contributed by atoms with Crippen LogP contribution in [0.15, 0.2) is 58.4 Å². The predicted molar refractivity (Wildman–Crippen MR) is 111 cm³/mol. The topological polar surface area (TPSA) is 93.2 Å². The molecule has 0 aliphatic heterocycles. The van der Waals surface area contributed by atoms with Crippen LogP contribution in [0.1, 0.15) is 17.3 Å². The van der Waals surface area contributed by atoms with Crippen LogP contribution in [-0.2, 0) is 4.79 Å². The summed E-state index contributed by atoms with van der Waals surface area (Å²) in [6, 6.07) is 13.9. The summed E-state index contributed by atoms with van der Waals surface area (Å²) in [5.41, 5.74) is 3.42. The smallest absolute Gasteiger partial charge is 0.255 e. The molecule has 28 heavy (non-hydrogen) atoms. The Morgan fingerprint density at radius 2 is 1.71 bits per heavy atom. The second-order valence-electron chi connectivity index (χ2n) is 5.53. The Kier molecular flexibility index (Phi) is 6.99. The highest BCUT2D eigenvalue weighted by atomic mass is 32.2. The summed E-state index contributed by atoms with van der Waals surface area (Å²) < 4.78 is 6.13. The molecule has 1 heterocycles. The van der Waals surface area contributed by atoms with Crippen LogP contribution in [0.5, 0.6) is 5.75 Å². The molecule has 144 valence electrons. The average Bonchev–Trinajstić information content (AvgIpc) is 3.22. The van der Waals surface area contributed by atoms with E-state index in [9.17, 15) is 9.59 Å². The number of carbonyl (C=O) groups is 2. The third kappa shape index (κ3) is 5.80. The molecule has 0 fully saturated rings. The standard InChI is InChI=1S/C19H18N4O3S2/c1-2-26-16-9-7-15(8-10-16)22-18(25)13-3-5-14(6-4-13)21-17(24)11-27-19-23-20-12-28-19/h3-10,12H,2,11H2,1H3,(H,21,24)(H,22,25). The molecular weight excluding hydrogens is 396 g/mol. The SMILES string of the molecule is CCOc1ccc(NC(=O)c2ccc(NC(=O)CSc3nncs3)cc2)cc1. The maximum Gasteiger partial charge on any atom is 0.255 e. The first-order valence-corrected chi connectivity index (χ1v) is 10.3. The van der Waals surface area contributed by atoms with Crippen molar-refractivity contribution >= 4 is 46.3 Å². The van der Waals surface area contributed by atoms with Crippen LogP contribution < -0.4 is 15.4 Å². The van der Waals surface area contributed by atoms with Crippen molar-refractivity contribution in [2.45, 2.75) is 11.3 Å². The molecule has 0 saturated heterocycles. The highest BCUT2D eigenvalue weighted by molar-refractivity contribution is 8.01. The van der Waals surface area contributed by atoms with E-state index in [0.29, 0.717) is 23.5 Å². The minimum absolute atomic E-state index is 0.146. The van der Waals surface area contributed by atoms with E-state index in [1.807, 2.05) is 6.92 Å². The summed E-state index contributed by atoms with van der Waals surface area (Å²) in [6.45, 7) is 2.51. The third-order valence-electron chi connectivity index (χ3n) is 3.52. The van der Waals surface area contributed by atoms with Gasteiger partial charge < -0.3 is 15.4 Å². The first-order chi connectivity index (χ1) is 13.6. The zero-order valence-electron chi connectivity index (χ0n) is 15.0. The molecule has 2 amide bonds. The van der Waals surface area contributed by atoms with E-state index in [1.54, 1.807) is 54.0 Å². The zero-order valence-corrected chi connectivity index (χ0v) is 16.7.